The number of nitrogens with one attached hydrogen (secondary N) is 2. The van der Waals surface area contributed by atoms with Crippen molar-refractivity contribution in [2.45, 2.75) is 46.1 Å². The standard InChI is InChI=1S/C20H24N4O2S/c1-5-22-19(27)23-18-17(24-10-6-7-15(24)25)16-12(2)13(11-21)8-9-14(16)26-20(18,3)4/h8-9H,5-7,10H2,1-4H3,(H2,22,23,27). The minimum absolute atomic E-state index is 0.0732. The first-order chi connectivity index (χ1) is 12.8. The van der Waals surface area contributed by atoms with E-state index in [2.05, 4.69) is 16.7 Å². The molecule has 27 heavy (non-hydrogen) atoms. The first kappa shape index (κ1) is 19.2. The largest absolute Gasteiger partial charge is 0.481 e. The average molecular weight is 385 g/mol. The zero-order chi connectivity index (χ0) is 19.8. The van der Waals surface area contributed by atoms with Gasteiger partial charge in [-0.25, -0.2) is 0 Å². The van der Waals surface area contributed by atoms with Gasteiger partial charge in [0, 0.05) is 25.1 Å². The lowest BCUT2D eigenvalue weighted by molar-refractivity contribution is -0.125. The molecule has 1 aromatic carbocycles. The van der Waals surface area contributed by atoms with Crippen molar-refractivity contribution in [1.82, 2.24) is 15.5 Å². The predicted molar refractivity (Wildman–Crippen MR) is 108 cm³/mol. The summed E-state index contributed by atoms with van der Waals surface area (Å²) in [5, 5.41) is 16.3. The Kier molecular flexibility index (Phi) is 5.11. The van der Waals surface area contributed by atoms with Crippen molar-refractivity contribution < 1.29 is 9.53 Å². The SMILES string of the molecule is CCNC(=S)NC1=C(N2CCCC2=O)c2c(ccc(C#N)c2C)OC1(C)C. The Bertz CT molecular complexity index is 883. The van der Waals surface area contributed by atoms with E-state index in [0.717, 1.165) is 28.9 Å². The number of rotatable bonds is 3. The van der Waals surface area contributed by atoms with Crippen LogP contribution in [0.3, 0.4) is 0 Å². The molecule has 0 atom stereocenters. The van der Waals surface area contributed by atoms with Gasteiger partial charge in [0.2, 0.25) is 5.91 Å². The number of nitrogens with zero attached hydrogens (tertiary/aromatic N) is 2. The summed E-state index contributed by atoms with van der Waals surface area (Å²) in [6.45, 7) is 9.07. The first-order valence-electron chi connectivity index (χ1n) is 9.13. The van der Waals surface area contributed by atoms with Crippen molar-refractivity contribution in [2.75, 3.05) is 13.1 Å². The van der Waals surface area contributed by atoms with Gasteiger partial charge in [-0.3, -0.25) is 4.79 Å². The van der Waals surface area contributed by atoms with Gasteiger partial charge in [-0.15, -0.1) is 0 Å². The highest BCUT2D eigenvalue weighted by Gasteiger charge is 2.41. The highest BCUT2D eigenvalue weighted by molar-refractivity contribution is 7.80. The van der Waals surface area contributed by atoms with Crippen molar-refractivity contribution in [2.24, 2.45) is 0 Å². The van der Waals surface area contributed by atoms with Crippen LogP contribution in [-0.2, 0) is 4.79 Å². The summed E-state index contributed by atoms with van der Waals surface area (Å²) in [7, 11) is 0. The minimum Gasteiger partial charge on any atom is -0.481 e. The number of fused-ring (bicyclic) bond motifs is 1. The summed E-state index contributed by atoms with van der Waals surface area (Å²) in [5.41, 5.74) is 2.92. The summed E-state index contributed by atoms with van der Waals surface area (Å²) in [4.78, 5) is 14.4. The lowest BCUT2D eigenvalue weighted by Crippen LogP contribution is -2.48. The number of carbonyl (C=O) groups is 1. The zero-order valence-corrected chi connectivity index (χ0v) is 16.9. The van der Waals surface area contributed by atoms with Crippen LogP contribution in [0.1, 0.15) is 50.3 Å². The second kappa shape index (κ2) is 7.20. The Labute approximate surface area is 165 Å². The second-order valence-electron chi connectivity index (χ2n) is 7.19. The first-order valence-corrected chi connectivity index (χ1v) is 9.54. The second-order valence-corrected chi connectivity index (χ2v) is 7.60. The van der Waals surface area contributed by atoms with E-state index in [4.69, 9.17) is 17.0 Å². The monoisotopic (exact) mass is 384 g/mol. The van der Waals surface area contributed by atoms with E-state index in [1.807, 2.05) is 33.8 Å². The molecule has 1 amide bonds. The molecule has 3 rings (SSSR count). The summed E-state index contributed by atoms with van der Waals surface area (Å²) in [6, 6.07) is 5.79. The van der Waals surface area contributed by atoms with Crippen molar-refractivity contribution in [3.05, 3.63) is 34.5 Å². The maximum atomic E-state index is 12.6. The van der Waals surface area contributed by atoms with Crippen molar-refractivity contribution in [1.29, 1.82) is 5.26 Å². The van der Waals surface area contributed by atoms with Gasteiger partial charge in [0.25, 0.3) is 0 Å². The minimum atomic E-state index is -0.717. The summed E-state index contributed by atoms with van der Waals surface area (Å²) >= 11 is 5.41. The van der Waals surface area contributed by atoms with Gasteiger partial charge in [-0.2, -0.15) is 5.26 Å². The quantitative estimate of drug-likeness (QED) is 0.781. The third-order valence-electron chi connectivity index (χ3n) is 4.91. The topological polar surface area (TPSA) is 77.4 Å². The molecule has 0 spiro atoms. The molecular weight excluding hydrogens is 360 g/mol. The normalized spacial score (nSPS) is 17.9. The fourth-order valence-electron chi connectivity index (χ4n) is 3.61. The number of nitriles is 1. The van der Waals surface area contributed by atoms with Gasteiger partial charge in [0.05, 0.1) is 23.0 Å². The molecule has 1 saturated heterocycles. The van der Waals surface area contributed by atoms with Crippen LogP contribution < -0.4 is 15.4 Å². The van der Waals surface area contributed by atoms with Crippen molar-refractivity contribution in [3.8, 4) is 11.8 Å². The number of ether oxygens (including phenoxy) is 1. The maximum Gasteiger partial charge on any atom is 0.227 e. The van der Waals surface area contributed by atoms with E-state index in [1.54, 1.807) is 11.0 Å². The molecular formula is C20H24N4O2S. The summed E-state index contributed by atoms with van der Waals surface area (Å²) < 4.78 is 6.26. The predicted octanol–water partition coefficient (Wildman–Crippen LogP) is 2.81. The number of amides is 1. The lowest BCUT2D eigenvalue weighted by Gasteiger charge is -2.40. The fraction of sp³-hybridized carbons (Fsp3) is 0.450. The molecule has 0 bridgehead atoms. The number of hydrogen-bond donors (Lipinski definition) is 2. The van der Waals surface area contributed by atoms with E-state index >= 15 is 0 Å². The average Bonchev–Trinajstić information content (AvgIpc) is 3.02. The molecule has 0 aromatic heterocycles. The van der Waals surface area contributed by atoms with Gasteiger partial charge in [-0.1, -0.05) is 0 Å². The highest BCUT2D eigenvalue weighted by atomic mass is 32.1. The van der Waals surface area contributed by atoms with Crippen LogP contribution in [0.2, 0.25) is 0 Å². The van der Waals surface area contributed by atoms with E-state index in [1.165, 1.54) is 0 Å². The Balaban J connectivity index is 2.27. The Morgan fingerprint density at radius 2 is 2.19 bits per heavy atom. The van der Waals surface area contributed by atoms with Crippen LogP contribution in [0.5, 0.6) is 5.75 Å². The molecule has 7 heteroatoms. The molecule has 0 radical (unpaired) electrons. The Morgan fingerprint density at radius 1 is 1.44 bits per heavy atom. The van der Waals surface area contributed by atoms with Gasteiger partial charge >= 0.3 is 0 Å². The van der Waals surface area contributed by atoms with Crippen LogP contribution in [0, 0.1) is 18.3 Å². The number of hydrogen-bond acceptors (Lipinski definition) is 4. The van der Waals surface area contributed by atoms with Gasteiger partial charge in [0.15, 0.2) is 5.11 Å². The van der Waals surface area contributed by atoms with Crippen LogP contribution in [0.4, 0.5) is 0 Å². The van der Waals surface area contributed by atoms with Crippen LogP contribution in [-0.4, -0.2) is 34.6 Å². The highest BCUT2D eigenvalue weighted by Crippen LogP contribution is 2.44. The number of carbonyl (C=O) groups excluding carboxylic acids is 1. The van der Waals surface area contributed by atoms with E-state index in [-0.39, 0.29) is 5.91 Å². The van der Waals surface area contributed by atoms with E-state index in [0.29, 0.717) is 35.9 Å². The molecule has 2 aliphatic rings. The summed E-state index contributed by atoms with van der Waals surface area (Å²) in [6.07, 6.45) is 1.32. The van der Waals surface area contributed by atoms with Crippen LogP contribution >= 0.6 is 12.2 Å². The van der Waals surface area contributed by atoms with Gasteiger partial charge in [0.1, 0.15) is 11.4 Å². The molecule has 1 fully saturated rings. The molecule has 2 N–H and O–H groups in total. The third kappa shape index (κ3) is 3.37. The Hall–Kier alpha value is -2.59. The van der Waals surface area contributed by atoms with E-state index < -0.39 is 5.60 Å². The molecule has 1 aromatic rings. The lowest BCUT2D eigenvalue weighted by atomic mass is 9.90. The van der Waals surface area contributed by atoms with Gasteiger partial charge < -0.3 is 20.3 Å². The maximum absolute atomic E-state index is 12.6. The van der Waals surface area contributed by atoms with Crippen molar-refractivity contribution >= 4 is 28.9 Å². The zero-order valence-electron chi connectivity index (χ0n) is 16.1. The molecule has 2 heterocycles. The summed E-state index contributed by atoms with van der Waals surface area (Å²) in [5.74, 6) is 0.746. The Morgan fingerprint density at radius 3 is 2.78 bits per heavy atom. The van der Waals surface area contributed by atoms with Crippen molar-refractivity contribution in [3.63, 3.8) is 0 Å². The van der Waals surface area contributed by atoms with Gasteiger partial charge in [-0.05, 0) is 64.0 Å². The number of thiocarbonyl (C=S) groups is 1. The number of benzene rings is 1. The molecule has 0 unspecified atom stereocenters. The van der Waals surface area contributed by atoms with Crippen LogP contribution in [0.15, 0.2) is 17.8 Å². The molecule has 0 aliphatic carbocycles. The smallest absolute Gasteiger partial charge is 0.227 e. The molecule has 142 valence electrons. The third-order valence-corrected chi connectivity index (χ3v) is 5.15. The molecule has 2 aliphatic heterocycles. The van der Waals surface area contributed by atoms with Crippen LogP contribution in [0.25, 0.3) is 5.70 Å². The molecule has 6 nitrogen and oxygen atoms in total. The molecule has 0 saturated carbocycles. The van der Waals surface area contributed by atoms with E-state index in [9.17, 15) is 10.1 Å². The number of likely N-dealkylation sites (tertiary alicyclic amines) is 1. The fourth-order valence-corrected chi connectivity index (χ4v) is 3.85.